The molecule has 0 bridgehead atoms. The van der Waals surface area contributed by atoms with E-state index >= 15 is 0 Å². The van der Waals surface area contributed by atoms with Crippen molar-refractivity contribution in [3.63, 3.8) is 0 Å². The number of benzene rings is 2. The fourth-order valence-corrected chi connectivity index (χ4v) is 3.50. The van der Waals surface area contributed by atoms with E-state index in [0.29, 0.717) is 15.8 Å². The molecule has 0 saturated carbocycles. The standard InChI is InChI=1S/C20H18N2O4S/c1-12-10-16(26-3)9-6-14(12)11-17-18(23)22(2)20(27-17)21-15-7-4-13(5-8-15)19(24)25/h4-11H,1-3H3,(H,24,25). The maximum absolute atomic E-state index is 12.5. The van der Waals surface area contributed by atoms with Gasteiger partial charge in [0.25, 0.3) is 5.91 Å². The second-order valence-corrected chi connectivity index (χ2v) is 6.95. The number of methoxy groups -OCH3 is 1. The van der Waals surface area contributed by atoms with Gasteiger partial charge in [0, 0.05) is 7.05 Å². The summed E-state index contributed by atoms with van der Waals surface area (Å²) in [4.78, 5) is 30.0. The highest BCUT2D eigenvalue weighted by Gasteiger charge is 2.30. The van der Waals surface area contributed by atoms with Crippen molar-refractivity contribution in [3.05, 3.63) is 64.1 Å². The molecule has 2 aromatic rings. The predicted molar refractivity (Wildman–Crippen MR) is 107 cm³/mol. The number of carbonyl (C=O) groups excluding carboxylic acids is 1. The first-order valence-corrected chi connectivity index (χ1v) is 8.95. The summed E-state index contributed by atoms with van der Waals surface area (Å²) in [7, 11) is 3.28. The van der Waals surface area contributed by atoms with Crippen molar-refractivity contribution in [2.45, 2.75) is 6.92 Å². The highest BCUT2D eigenvalue weighted by atomic mass is 32.2. The van der Waals surface area contributed by atoms with Crippen molar-refractivity contribution in [2.24, 2.45) is 4.99 Å². The fourth-order valence-electron chi connectivity index (χ4n) is 2.52. The van der Waals surface area contributed by atoms with Gasteiger partial charge in [-0.25, -0.2) is 9.79 Å². The lowest BCUT2D eigenvalue weighted by Gasteiger charge is -2.07. The van der Waals surface area contributed by atoms with E-state index in [1.165, 1.54) is 28.8 Å². The molecule has 1 saturated heterocycles. The molecule has 0 aromatic heterocycles. The molecule has 1 amide bonds. The molecule has 1 aliphatic rings. The largest absolute Gasteiger partial charge is 0.497 e. The maximum atomic E-state index is 12.5. The molecule has 138 valence electrons. The molecular formula is C20H18N2O4S. The van der Waals surface area contributed by atoms with Crippen LogP contribution in [0, 0.1) is 6.92 Å². The van der Waals surface area contributed by atoms with Crippen molar-refractivity contribution >= 4 is 40.6 Å². The van der Waals surface area contributed by atoms with Crippen LogP contribution in [0.4, 0.5) is 5.69 Å². The highest BCUT2D eigenvalue weighted by Crippen LogP contribution is 2.34. The Morgan fingerprint density at radius 2 is 1.93 bits per heavy atom. The van der Waals surface area contributed by atoms with Crippen LogP contribution in [0.25, 0.3) is 6.08 Å². The van der Waals surface area contributed by atoms with E-state index in [-0.39, 0.29) is 11.5 Å². The lowest BCUT2D eigenvalue weighted by molar-refractivity contribution is -0.121. The molecule has 0 spiro atoms. The molecule has 27 heavy (non-hydrogen) atoms. The molecule has 3 rings (SSSR count). The lowest BCUT2D eigenvalue weighted by atomic mass is 10.1. The van der Waals surface area contributed by atoms with Gasteiger partial charge in [0.2, 0.25) is 0 Å². The predicted octanol–water partition coefficient (Wildman–Crippen LogP) is 3.94. The number of aliphatic imine (C=N–C) groups is 1. The van der Waals surface area contributed by atoms with Crippen LogP contribution >= 0.6 is 11.8 Å². The molecule has 0 radical (unpaired) electrons. The van der Waals surface area contributed by atoms with Gasteiger partial charge < -0.3 is 9.84 Å². The molecule has 1 fully saturated rings. The van der Waals surface area contributed by atoms with E-state index in [1.807, 2.05) is 31.2 Å². The molecule has 1 N–H and O–H groups in total. The Morgan fingerprint density at radius 3 is 2.52 bits per heavy atom. The van der Waals surface area contributed by atoms with E-state index in [2.05, 4.69) is 4.99 Å². The van der Waals surface area contributed by atoms with Gasteiger partial charge in [0.1, 0.15) is 5.75 Å². The van der Waals surface area contributed by atoms with Crippen LogP contribution in [0.15, 0.2) is 52.4 Å². The number of aryl methyl sites for hydroxylation is 1. The van der Waals surface area contributed by atoms with Crippen molar-refractivity contribution < 1.29 is 19.4 Å². The summed E-state index contributed by atoms with van der Waals surface area (Å²) < 4.78 is 5.21. The molecular weight excluding hydrogens is 364 g/mol. The van der Waals surface area contributed by atoms with E-state index in [1.54, 1.807) is 26.3 Å². The molecule has 0 atom stereocenters. The summed E-state index contributed by atoms with van der Waals surface area (Å²) in [6.45, 7) is 1.96. The summed E-state index contributed by atoms with van der Waals surface area (Å²) >= 11 is 1.29. The van der Waals surface area contributed by atoms with Crippen LogP contribution in [-0.2, 0) is 4.79 Å². The lowest BCUT2D eigenvalue weighted by Crippen LogP contribution is -2.23. The SMILES string of the molecule is COc1ccc(C=C2SC(=Nc3ccc(C(=O)O)cc3)N(C)C2=O)c(C)c1. The molecule has 1 aliphatic heterocycles. The van der Waals surface area contributed by atoms with Crippen molar-refractivity contribution in [1.29, 1.82) is 0 Å². The number of rotatable bonds is 4. The van der Waals surface area contributed by atoms with Crippen LogP contribution in [-0.4, -0.2) is 41.2 Å². The first kappa shape index (κ1) is 18.7. The van der Waals surface area contributed by atoms with Crippen molar-refractivity contribution in [3.8, 4) is 5.75 Å². The second-order valence-electron chi connectivity index (χ2n) is 5.94. The number of ether oxygens (including phenoxy) is 1. The third-order valence-electron chi connectivity index (χ3n) is 4.11. The van der Waals surface area contributed by atoms with Crippen LogP contribution in [0.3, 0.4) is 0 Å². The van der Waals surface area contributed by atoms with Gasteiger partial charge in [-0.2, -0.15) is 0 Å². The Kier molecular flexibility index (Phi) is 5.32. The Morgan fingerprint density at radius 1 is 1.22 bits per heavy atom. The monoisotopic (exact) mass is 382 g/mol. The number of thioether (sulfide) groups is 1. The molecule has 0 aliphatic carbocycles. The van der Waals surface area contributed by atoms with E-state index in [4.69, 9.17) is 9.84 Å². The minimum absolute atomic E-state index is 0.129. The molecule has 2 aromatic carbocycles. The Bertz CT molecular complexity index is 964. The number of nitrogens with zero attached hydrogens (tertiary/aromatic N) is 2. The number of carboxylic acid groups (broad SMARTS) is 1. The summed E-state index contributed by atoms with van der Waals surface area (Å²) in [5, 5.41) is 9.50. The van der Waals surface area contributed by atoms with Gasteiger partial charge in [-0.05, 0) is 72.3 Å². The minimum Gasteiger partial charge on any atom is -0.497 e. The summed E-state index contributed by atoms with van der Waals surface area (Å²) in [6.07, 6.45) is 1.84. The van der Waals surface area contributed by atoms with Gasteiger partial charge in [-0.3, -0.25) is 9.69 Å². The van der Waals surface area contributed by atoms with Crippen LogP contribution < -0.4 is 4.74 Å². The zero-order valence-electron chi connectivity index (χ0n) is 15.1. The van der Waals surface area contributed by atoms with Crippen LogP contribution in [0.2, 0.25) is 0 Å². The normalized spacial score (nSPS) is 17.0. The number of likely N-dealkylation sites (N-methyl/N-ethyl adjacent to an activating group) is 1. The van der Waals surface area contributed by atoms with Gasteiger partial charge in [-0.15, -0.1) is 0 Å². The van der Waals surface area contributed by atoms with E-state index < -0.39 is 5.97 Å². The Balaban J connectivity index is 1.87. The number of amidine groups is 1. The molecule has 6 nitrogen and oxygen atoms in total. The zero-order valence-corrected chi connectivity index (χ0v) is 15.9. The third-order valence-corrected chi connectivity index (χ3v) is 5.17. The first-order chi connectivity index (χ1) is 12.9. The van der Waals surface area contributed by atoms with Crippen LogP contribution in [0.1, 0.15) is 21.5 Å². The van der Waals surface area contributed by atoms with Crippen molar-refractivity contribution in [2.75, 3.05) is 14.2 Å². The van der Waals surface area contributed by atoms with Gasteiger partial charge in [0.15, 0.2) is 5.17 Å². The van der Waals surface area contributed by atoms with E-state index in [9.17, 15) is 9.59 Å². The minimum atomic E-state index is -0.989. The second kappa shape index (κ2) is 7.67. The zero-order chi connectivity index (χ0) is 19.6. The quantitative estimate of drug-likeness (QED) is 0.811. The molecule has 0 unspecified atom stereocenters. The smallest absolute Gasteiger partial charge is 0.335 e. The number of hydrogen-bond acceptors (Lipinski definition) is 5. The number of carbonyl (C=O) groups is 2. The molecule has 7 heteroatoms. The van der Waals surface area contributed by atoms with Gasteiger partial charge >= 0.3 is 5.97 Å². The van der Waals surface area contributed by atoms with Gasteiger partial charge in [-0.1, -0.05) is 6.07 Å². The third kappa shape index (κ3) is 4.03. The summed E-state index contributed by atoms with van der Waals surface area (Å²) in [5.41, 5.74) is 2.72. The summed E-state index contributed by atoms with van der Waals surface area (Å²) in [6, 6.07) is 11.9. The number of amides is 1. The number of carboxylic acids is 1. The Hall–Kier alpha value is -3.06. The average molecular weight is 382 g/mol. The maximum Gasteiger partial charge on any atom is 0.335 e. The average Bonchev–Trinajstić information content (AvgIpc) is 2.91. The summed E-state index contributed by atoms with van der Waals surface area (Å²) in [5.74, 6) is -0.350. The van der Waals surface area contributed by atoms with E-state index in [0.717, 1.165) is 16.9 Å². The fraction of sp³-hybridized carbons (Fsp3) is 0.150. The van der Waals surface area contributed by atoms with Gasteiger partial charge in [0.05, 0.1) is 23.3 Å². The van der Waals surface area contributed by atoms with Crippen molar-refractivity contribution in [1.82, 2.24) is 4.90 Å². The first-order valence-electron chi connectivity index (χ1n) is 8.13. The number of aromatic carboxylic acids is 1. The topological polar surface area (TPSA) is 79.2 Å². The Labute approximate surface area is 161 Å². The highest BCUT2D eigenvalue weighted by molar-refractivity contribution is 8.18. The number of hydrogen-bond donors (Lipinski definition) is 1. The molecule has 1 heterocycles. The van der Waals surface area contributed by atoms with Crippen LogP contribution in [0.5, 0.6) is 5.75 Å².